The number of likely N-dealkylation sites (tertiary alicyclic amines) is 2. The number of fused-ring (bicyclic) bond motifs is 1. The van der Waals surface area contributed by atoms with Gasteiger partial charge < -0.3 is 14.9 Å². The van der Waals surface area contributed by atoms with E-state index in [1.165, 1.54) is 14.5 Å². The Balaban J connectivity index is 1.87. The highest BCUT2D eigenvalue weighted by atomic mass is 16.4. The second-order valence-electron chi connectivity index (χ2n) is 6.71. The Hall–Kier alpha value is -2.64. The van der Waals surface area contributed by atoms with Gasteiger partial charge in [0.25, 0.3) is 5.91 Å². The standard InChI is InChI=1S/C17H22N4O4/c1-4-6-20-9-17(16(24)25)10-21(8-12(17)14(20)22)15(23)13-7-11(5-2)18-19(13)3/h4,7,12H,1,5-6,8-10H2,2-3H3,(H,24,25)/t12-,17+/m0/s1. The average molecular weight is 346 g/mol. The molecular weight excluding hydrogens is 324 g/mol. The molecular formula is C17H22N4O4. The lowest BCUT2D eigenvalue weighted by atomic mass is 9.81. The second kappa shape index (κ2) is 6.02. The smallest absolute Gasteiger partial charge is 0.314 e. The number of aromatic nitrogens is 2. The zero-order chi connectivity index (χ0) is 18.4. The number of rotatable bonds is 5. The summed E-state index contributed by atoms with van der Waals surface area (Å²) in [6.45, 7) is 6.12. The molecule has 1 N–H and O–H groups in total. The Morgan fingerprint density at radius 2 is 2.20 bits per heavy atom. The molecule has 3 rings (SSSR count). The van der Waals surface area contributed by atoms with E-state index in [-0.39, 0.29) is 31.4 Å². The molecule has 8 nitrogen and oxygen atoms in total. The zero-order valence-electron chi connectivity index (χ0n) is 14.4. The van der Waals surface area contributed by atoms with Crippen molar-refractivity contribution in [3.8, 4) is 0 Å². The van der Waals surface area contributed by atoms with Crippen molar-refractivity contribution in [1.29, 1.82) is 0 Å². The van der Waals surface area contributed by atoms with Crippen molar-refractivity contribution in [2.45, 2.75) is 13.3 Å². The number of aryl methyl sites for hydroxylation is 2. The van der Waals surface area contributed by atoms with Crippen molar-refractivity contribution in [3.63, 3.8) is 0 Å². The van der Waals surface area contributed by atoms with Gasteiger partial charge in [-0.1, -0.05) is 13.0 Å². The third-order valence-electron chi connectivity index (χ3n) is 5.20. The first-order chi connectivity index (χ1) is 11.8. The van der Waals surface area contributed by atoms with E-state index in [4.69, 9.17) is 0 Å². The van der Waals surface area contributed by atoms with E-state index in [1.807, 2.05) is 6.92 Å². The molecule has 1 aromatic rings. The topological polar surface area (TPSA) is 95.7 Å². The molecule has 8 heteroatoms. The van der Waals surface area contributed by atoms with Crippen molar-refractivity contribution in [3.05, 3.63) is 30.1 Å². The quantitative estimate of drug-likeness (QED) is 0.766. The van der Waals surface area contributed by atoms with Gasteiger partial charge in [0.2, 0.25) is 5.91 Å². The maximum Gasteiger partial charge on any atom is 0.314 e. The molecule has 2 saturated heterocycles. The van der Waals surface area contributed by atoms with Crippen LogP contribution in [0.2, 0.25) is 0 Å². The molecule has 1 aromatic heterocycles. The molecule has 3 heterocycles. The fourth-order valence-corrected chi connectivity index (χ4v) is 3.83. The third-order valence-corrected chi connectivity index (χ3v) is 5.20. The Morgan fingerprint density at radius 1 is 1.48 bits per heavy atom. The maximum atomic E-state index is 12.8. The molecule has 2 amide bonds. The molecule has 2 atom stereocenters. The molecule has 2 aliphatic rings. The normalized spacial score (nSPS) is 25.4. The van der Waals surface area contributed by atoms with Crippen molar-refractivity contribution in [1.82, 2.24) is 19.6 Å². The fraction of sp³-hybridized carbons (Fsp3) is 0.529. The van der Waals surface area contributed by atoms with Gasteiger partial charge in [-0.3, -0.25) is 19.1 Å². The van der Waals surface area contributed by atoms with E-state index in [0.717, 1.165) is 5.69 Å². The summed E-state index contributed by atoms with van der Waals surface area (Å²) >= 11 is 0. The fourth-order valence-electron chi connectivity index (χ4n) is 3.83. The third kappa shape index (κ3) is 2.52. The van der Waals surface area contributed by atoms with Gasteiger partial charge in [0, 0.05) is 33.2 Å². The van der Waals surface area contributed by atoms with Crippen molar-refractivity contribution >= 4 is 17.8 Å². The summed E-state index contributed by atoms with van der Waals surface area (Å²) in [5.41, 5.74) is -0.0405. The SMILES string of the molecule is C=CCN1C[C@@]2(C(=O)O)CN(C(=O)c3cc(CC)nn3C)C[C@H]2C1=O. The van der Waals surface area contributed by atoms with E-state index < -0.39 is 17.3 Å². The Kier molecular flexibility index (Phi) is 4.14. The van der Waals surface area contributed by atoms with E-state index in [2.05, 4.69) is 11.7 Å². The van der Waals surface area contributed by atoms with Gasteiger partial charge in [0.1, 0.15) is 11.1 Å². The highest BCUT2D eigenvalue weighted by Crippen LogP contribution is 2.44. The summed E-state index contributed by atoms with van der Waals surface area (Å²) in [4.78, 5) is 40.3. The molecule has 25 heavy (non-hydrogen) atoms. The van der Waals surface area contributed by atoms with E-state index in [0.29, 0.717) is 18.7 Å². The monoisotopic (exact) mass is 346 g/mol. The lowest BCUT2D eigenvalue weighted by Crippen LogP contribution is -2.42. The number of carbonyl (C=O) groups is 3. The van der Waals surface area contributed by atoms with Gasteiger partial charge in [0.15, 0.2) is 0 Å². The minimum atomic E-state index is -1.25. The Bertz CT molecular complexity index is 756. The van der Waals surface area contributed by atoms with Crippen LogP contribution in [0.1, 0.15) is 23.1 Å². The zero-order valence-corrected chi connectivity index (χ0v) is 14.4. The highest BCUT2D eigenvalue weighted by molar-refractivity contribution is 5.97. The van der Waals surface area contributed by atoms with Crippen molar-refractivity contribution in [2.75, 3.05) is 26.2 Å². The summed E-state index contributed by atoms with van der Waals surface area (Å²) in [5.74, 6) is -2.26. The number of carboxylic acid groups (broad SMARTS) is 1. The molecule has 2 fully saturated rings. The molecule has 0 bridgehead atoms. The molecule has 0 saturated carbocycles. The molecule has 0 aromatic carbocycles. The summed E-state index contributed by atoms with van der Waals surface area (Å²) < 4.78 is 1.51. The van der Waals surface area contributed by atoms with Crippen LogP contribution < -0.4 is 0 Å². The number of carboxylic acids is 1. The predicted molar refractivity (Wildman–Crippen MR) is 88.8 cm³/mol. The average Bonchev–Trinajstić information content (AvgIpc) is 3.21. The Labute approximate surface area is 145 Å². The molecule has 0 aliphatic carbocycles. The molecule has 0 unspecified atom stereocenters. The van der Waals surface area contributed by atoms with Crippen LogP contribution in [0.3, 0.4) is 0 Å². The van der Waals surface area contributed by atoms with Crippen molar-refractivity contribution < 1.29 is 19.5 Å². The predicted octanol–water partition coefficient (Wildman–Crippen LogP) is 0.154. The largest absolute Gasteiger partial charge is 0.481 e. The first-order valence-corrected chi connectivity index (χ1v) is 8.29. The highest BCUT2D eigenvalue weighted by Gasteiger charge is 2.62. The van der Waals surface area contributed by atoms with Gasteiger partial charge in [-0.2, -0.15) is 5.10 Å². The number of amides is 2. The van der Waals surface area contributed by atoms with Crippen LogP contribution >= 0.6 is 0 Å². The van der Waals surface area contributed by atoms with Crippen LogP contribution in [0.4, 0.5) is 0 Å². The minimum Gasteiger partial charge on any atom is -0.481 e. The maximum absolute atomic E-state index is 12.8. The van der Waals surface area contributed by atoms with Gasteiger partial charge in [-0.05, 0) is 12.5 Å². The van der Waals surface area contributed by atoms with Crippen LogP contribution in [-0.2, 0) is 23.1 Å². The summed E-state index contributed by atoms with van der Waals surface area (Å²) in [5, 5.41) is 14.0. The lowest BCUT2D eigenvalue weighted by molar-refractivity contribution is -0.149. The minimum absolute atomic E-state index is 0.0256. The van der Waals surface area contributed by atoms with Gasteiger partial charge in [-0.15, -0.1) is 6.58 Å². The lowest BCUT2D eigenvalue weighted by Gasteiger charge is -2.24. The van der Waals surface area contributed by atoms with Crippen molar-refractivity contribution in [2.24, 2.45) is 18.4 Å². The number of hydrogen-bond donors (Lipinski definition) is 1. The Morgan fingerprint density at radius 3 is 2.72 bits per heavy atom. The van der Waals surface area contributed by atoms with Gasteiger partial charge in [0.05, 0.1) is 11.6 Å². The van der Waals surface area contributed by atoms with Gasteiger partial charge >= 0.3 is 5.97 Å². The summed E-state index contributed by atoms with van der Waals surface area (Å²) in [6.07, 6.45) is 2.29. The van der Waals surface area contributed by atoms with E-state index in [1.54, 1.807) is 19.2 Å². The molecule has 0 radical (unpaired) electrons. The first-order valence-electron chi connectivity index (χ1n) is 8.29. The number of carbonyl (C=O) groups excluding carboxylic acids is 2. The van der Waals surface area contributed by atoms with Gasteiger partial charge in [-0.25, -0.2) is 0 Å². The number of nitrogens with zero attached hydrogens (tertiary/aromatic N) is 4. The van der Waals surface area contributed by atoms with E-state index >= 15 is 0 Å². The van der Waals surface area contributed by atoms with Crippen LogP contribution in [0.15, 0.2) is 18.7 Å². The van der Waals surface area contributed by atoms with Crippen LogP contribution in [0, 0.1) is 11.3 Å². The summed E-state index contributed by atoms with van der Waals surface area (Å²) in [6, 6.07) is 1.72. The molecule has 2 aliphatic heterocycles. The summed E-state index contributed by atoms with van der Waals surface area (Å²) in [7, 11) is 1.69. The second-order valence-corrected chi connectivity index (χ2v) is 6.71. The first kappa shape index (κ1) is 17.2. The number of hydrogen-bond acceptors (Lipinski definition) is 4. The molecule has 134 valence electrons. The van der Waals surface area contributed by atoms with Crippen LogP contribution in [0.5, 0.6) is 0 Å². The van der Waals surface area contributed by atoms with E-state index in [9.17, 15) is 19.5 Å². The van der Waals surface area contributed by atoms with Crippen LogP contribution in [0.25, 0.3) is 0 Å². The molecule has 0 spiro atoms. The van der Waals surface area contributed by atoms with Crippen LogP contribution in [-0.4, -0.2) is 68.6 Å². The number of aliphatic carboxylic acids is 1.